The largest absolute Gasteiger partial charge is 0.378 e. The van der Waals surface area contributed by atoms with E-state index in [-0.39, 0.29) is 12.8 Å². The third-order valence-corrected chi connectivity index (χ3v) is 0.881. The van der Waals surface area contributed by atoms with Gasteiger partial charge in [0.1, 0.15) is 5.56 Å². The quantitative estimate of drug-likeness (QED) is 0.371. The molecule has 3 nitrogen and oxygen atoms in total. The van der Waals surface area contributed by atoms with Crippen LogP contribution in [-0.2, 0) is 0 Å². The van der Waals surface area contributed by atoms with Crippen LogP contribution in [-0.4, -0.2) is 27.2 Å². The van der Waals surface area contributed by atoms with Gasteiger partial charge >= 0.3 is 0 Å². The molecule has 0 amide bonds. The van der Waals surface area contributed by atoms with Gasteiger partial charge < -0.3 is 15.3 Å². The Balaban J connectivity index is 2.93. The summed E-state index contributed by atoms with van der Waals surface area (Å²) < 4.78 is 0. The van der Waals surface area contributed by atoms with Crippen LogP contribution in [0.4, 0.5) is 0 Å². The summed E-state index contributed by atoms with van der Waals surface area (Å²) in [7, 11) is 0. The van der Waals surface area contributed by atoms with Crippen molar-refractivity contribution in [2.24, 2.45) is 0 Å². The van der Waals surface area contributed by atoms with Crippen molar-refractivity contribution < 1.29 is 15.3 Å². The summed E-state index contributed by atoms with van der Waals surface area (Å²) >= 11 is 5.06. The van der Waals surface area contributed by atoms with Crippen LogP contribution < -0.4 is 0 Å². The van der Waals surface area contributed by atoms with E-state index in [2.05, 4.69) is 0 Å². The summed E-state index contributed by atoms with van der Waals surface area (Å²) in [5.41, 5.74) is -0.961. The molecule has 3 N–H and O–H groups in total. The van der Waals surface area contributed by atoms with E-state index in [0.717, 1.165) is 0 Å². The average molecular weight is 141 g/mol. The van der Waals surface area contributed by atoms with Crippen molar-refractivity contribution in [2.45, 2.75) is 24.7 Å². The Kier molecular flexibility index (Phi) is 4.18. The molecule has 0 aliphatic rings. The lowest BCUT2D eigenvalue weighted by Crippen LogP contribution is -2.07. The third-order valence-electron chi connectivity index (χ3n) is 0.663. The normalized spacial score (nSPS) is 14.6. The molecule has 0 aromatic carbocycles. The summed E-state index contributed by atoms with van der Waals surface area (Å²) in [6.07, 6.45) is -1.03. The van der Waals surface area contributed by atoms with Crippen LogP contribution >= 0.6 is 11.6 Å². The van der Waals surface area contributed by atoms with Crippen molar-refractivity contribution in [3.8, 4) is 0 Å². The summed E-state index contributed by atoms with van der Waals surface area (Å²) in [5, 5.41) is 24.7. The number of rotatable bonds is 3. The van der Waals surface area contributed by atoms with Crippen molar-refractivity contribution in [1.82, 2.24) is 0 Å². The maximum absolute atomic E-state index is 8.34. The fourth-order valence-electron chi connectivity index (χ4n) is 0.287. The second-order valence-electron chi connectivity index (χ2n) is 1.49. The molecule has 0 aliphatic heterocycles. The van der Waals surface area contributed by atoms with E-state index in [9.17, 15) is 0 Å². The number of hydrogen-bond acceptors (Lipinski definition) is 3. The molecule has 0 aliphatic carbocycles. The number of halogens is 1. The van der Waals surface area contributed by atoms with E-state index < -0.39 is 11.9 Å². The summed E-state index contributed by atoms with van der Waals surface area (Å²) in [6, 6.07) is 0. The molecule has 0 aromatic heterocycles. The molecule has 0 spiro atoms. The second-order valence-corrected chi connectivity index (χ2v) is 2.00. The van der Waals surface area contributed by atoms with Gasteiger partial charge in [-0.25, -0.2) is 0 Å². The number of aliphatic hydroxyl groups is 3. The minimum absolute atomic E-state index is 0.116. The first kappa shape index (κ1) is 8.17. The Morgan fingerprint density at radius 2 is 1.62 bits per heavy atom. The third kappa shape index (κ3) is 6.17. The first-order chi connectivity index (χ1) is 3.63. The van der Waals surface area contributed by atoms with Gasteiger partial charge in [0.15, 0.2) is 6.29 Å². The van der Waals surface area contributed by atoms with Gasteiger partial charge in [-0.1, -0.05) is 11.6 Å². The minimum Gasteiger partial charge on any atom is -0.378 e. The zero-order chi connectivity index (χ0) is 6.57. The molecule has 1 atom stereocenters. The molecule has 8 heavy (non-hydrogen) atoms. The maximum Gasteiger partial charge on any atom is 0.151 e. The van der Waals surface area contributed by atoms with Crippen LogP contribution in [0.25, 0.3) is 0 Å². The highest BCUT2D eigenvalue weighted by Gasteiger charge is 2.01. The summed E-state index contributed by atoms with van der Waals surface area (Å²) in [4.78, 5) is 0. The standard InChI is InChI=1S/C4H9ClO3/c5-3(6)1-2-4(7)8/h3-4,6-8H,1-2H2. The van der Waals surface area contributed by atoms with Gasteiger partial charge in [0.25, 0.3) is 0 Å². The minimum atomic E-state index is -1.36. The van der Waals surface area contributed by atoms with Crippen molar-refractivity contribution in [2.75, 3.05) is 0 Å². The van der Waals surface area contributed by atoms with E-state index in [1.165, 1.54) is 0 Å². The number of aliphatic hydroxyl groups excluding tert-OH is 2. The predicted molar refractivity (Wildman–Crippen MR) is 29.3 cm³/mol. The van der Waals surface area contributed by atoms with Gasteiger partial charge in [-0.3, -0.25) is 0 Å². The molecule has 0 saturated carbocycles. The van der Waals surface area contributed by atoms with E-state index in [1.54, 1.807) is 0 Å². The summed E-state index contributed by atoms with van der Waals surface area (Å²) in [6.45, 7) is 0. The molecule has 0 saturated heterocycles. The Hall–Kier alpha value is 0.170. The molecule has 0 heterocycles. The first-order valence-corrected chi connectivity index (χ1v) is 2.75. The topological polar surface area (TPSA) is 60.7 Å². The zero-order valence-electron chi connectivity index (χ0n) is 4.29. The molecule has 0 aromatic rings. The SMILES string of the molecule is OC(O)CCC(O)Cl. The van der Waals surface area contributed by atoms with Crippen molar-refractivity contribution in [1.29, 1.82) is 0 Å². The number of alkyl halides is 1. The summed E-state index contributed by atoms with van der Waals surface area (Å²) in [5.74, 6) is 0. The molecule has 0 fully saturated rings. The lowest BCUT2D eigenvalue weighted by molar-refractivity contribution is -0.0498. The zero-order valence-corrected chi connectivity index (χ0v) is 5.04. The van der Waals surface area contributed by atoms with Gasteiger partial charge in [0.05, 0.1) is 0 Å². The Morgan fingerprint density at radius 3 is 1.75 bits per heavy atom. The Labute approximate surface area is 52.5 Å². The van der Waals surface area contributed by atoms with E-state index in [4.69, 9.17) is 26.9 Å². The van der Waals surface area contributed by atoms with E-state index >= 15 is 0 Å². The van der Waals surface area contributed by atoms with Gasteiger partial charge in [-0.05, 0) is 6.42 Å². The fraction of sp³-hybridized carbons (Fsp3) is 1.00. The molecule has 0 bridgehead atoms. The molecule has 1 unspecified atom stereocenters. The lowest BCUT2D eigenvalue weighted by atomic mass is 10.3. The number of hydrogen-bond donors (Lipinski definition) is 3. The van der Waals surface area contributed by atoms with Gasteiger partial charge in [0, 0.05) is 6.42 Å². The Bertz CT molecular complexity index is 47.2. The van der Waals surface area contributed by atoms with Gasteiger partial charge in [-0.2, -0.15) is 0 Å². The molecule has 4 heteroatoms. The second kappa shape index (κ2) is 4.09. The van der Waals surface area contributed by atoms with Crippen LogP contribution in [0, 0.1) is 0 Å². The molecular formula is C4H9ClO3. The highest BCUT2D eigenvalue weighted by Crippen LogP contribution is 2.01. The van der Waals surface area contributed by atoms with Crippen molar-refractivity contribution in [3.05, 3.63) is 0 Å². The van der Waals surface area contributed by atoms with E-state index in [0.29, 0.717) is 0 Å². The monoisotopic (exact) mass is 140 g/mol. The van der Waals surface area contributed by atoms with Crippen LogP contribution in [0.5, 0.6) is 0 Å². The fourth-order valence-corrected chi connectivity index (χ4v) is 0.413. The smallest absolute Gasteiger partial charge is 0.151 e. The van der Waals surface area contributed by atoms with Crippen molar-refractivity contribution >= 4 is 11.6 Å². The molecular weight excluding hydrogens is 131 g/mol. The Morgan fingerprint density at radius 1 is 1.12 bits per heavy atom. The highest BCUT2D eigenvalue weighted by atomic mass is 35.5. The highest BCUT2D eigenvalue weighted by molar-refractivity contribution is 6.19. The predicted octanol–water partition coefficient (Wildman–Crippen LogP) is -0.366. The molecule has 0 rings (SSSR count). The van der Waals surface area contributed by atoms with Gasteiger partial charge in [-0.15, -0.1) is 0 Å². The van der Waals surface area contributed by atoms with Gasteiger partial charge in [0.2, 0.25) is 0 Å². The molecule has 50 valence electrons. The van der Waals surface area contributed by atoms with E-state index in [1.807, 2.05) is 0 Å². The lowest BCUT2D eigenvalue weighted by Gasteiger charge is -2.02. The van der Waals surface area contributed by atoms with Crippen LogP contribution in [0.15, 0.2) is 0 Å². The maximum atomic E-state index is 8.34. The average Bonchev–Trinajstić information content (AvgIpc) is 1.61. The van der Waals surface area contributed by atoms with Crippen LogP contribution in [0.2, 0.25) is 0 Å². The first-order valence-electron chi connectivity index (χ1n) is 2.31. The van der Waals surface area contributed by atoms with Crippen LogP contribution in [0.3, 0.4) is 0 Å². The van der Waals surface area contributed by atoms with Crippen LogP contribution in [0.1, 0.15) is 12.8 Å². The molecule has 0 radical (unpaired) electrons. The van der Waals surface area contributed by atoms with Crippen molar-refractivity contribution in [3.63, 3.8) is 0 Å².